The SMILES string of the molecule is C=C(/C=C\CC)C1C(CCC(S)c2ccccc2)C(=O)N1c1ccccc1.CC.CC.CC.CC. The maximum Gasteiger partial charge on any atom is 0.233 e. The number of nitrogens with zero attached hydrogens (tertiary/aromatic N) is 1. The van der Waals surface area contributed by atoms with Crippen LogP contribution in [0.25, 0.3) is 0 Å². The first-order valence-corrected chi connectivity index (χ1v) is 14.1. The first kappa shape index (κ1) is 34.9. The van der Waals surface area contributed by atoms with Gasteiger partial charge >= 0.3 is 0 Å². The highest BCUT2D eigenvalue weighted by atomic mass is 32.1. The minimum Gasteiger partial charge on any atom is -0.304 e. The molecule has 0 radical (unpaired) electrons. The maximum atomic E-state index is 12.9. The van der Waals surface area contributed by atoms with E-state index in [1.54, 1.807) is 0 Å². The van der Waals surface area contributed by atoms with Crippen LogP contribution in [0.1, 0.15) is 92.4 Å². The summed E-state index contributed by atoms with van der Waals surface area (Å²) in [4.78, 5) is 14.8. The van der Waals surface area contributed by atoms with Crippen molar-refractivity contribution in [1.82, 2.24) is 0 Å². The first-order chi connectivity index (χ1) is 17.1. The van der Waals surface area contributed by atoms with Crippen LogP contribution in [0.5, 0.6) is 0 Å². The molecule has 1 saturated heterocycles. The Balaban J connectivity index is 0. The lowest BCUT2D eigenvalue weighted by Crippen LogP contribution is -2.61. The zero-order chi connectivity index (χ0) is 27.2. The Morgan fingerprint density at radius 3 is 1.89 bits per heavy atom. The Labute approximate surface area is 223 Å². The van der Waals surface area contributed by atoms with Crippen LogP contribution in [0.4, 0.5) is 5.69 Å². The third kappa shape index (κ3) is 10.9. The summed E-state index contributed by atoms with van der Waals surface area (Å²) in [6.45, 7) is 22.4. The fourth-order valence-electron chi connectivity index (χ4n) is 3.68. The third-order valence-electron chi connectivity index (χ3n) is 5.13. The molecule has 1 aliphatic rings. The quantitative estimate of drug-likeness (QED) is 0.218. The highest BCUT2D eigenvalue weighted by molar-refractivity contribution is 7.80. The van der Waals surface area contributed by atoms with E-state index >= 15 is 0 Å². The second-order valence-electron chi connectivity index (χ2n) is 6.98. The zero-order valence-electron chi connectivity index (χ0n) is 23.8. The van der Waals surface area contributed by atoms with Crippen LogP contribution in [-0.2, 0) is 4.79 Å². The van der Waals surface area contributed by atoms with Crippen LogP contribution >= 0.6 is 12.6 Å². The molecule has 1 heterocycles. The molecule has 3 atom stereocenters. The molecule has 0 aromatic heterocycles. The van der Waals surface area contributed by atoms with Crippen LogP contribution in [0.3, 0.4) is 0 Å². The van der Waals surface area contributed by atoms with Gasteiger partial charge < -0.3 is 4.90 Å². The second kappa shape index (κ2) is 22.2. The molecule has 2 nitrogen and oxygen atoms in total. The number of carbonyl (C=O) groups is 1. The molecule has 1 amide bonds. The van der Waals surface area contributed by atoms with Gasteiger partial charge in [-0.3, -0.25) is 4.79 Å². The molecule has 196 valence electrons. The summed E-state index contributed by atoms with van der Waals surface area (Å²) < 4.78 is 0. The second-order valence-corrected chi connectivity index (χ2v) is 7.61. The molecule has 2 aromatic rings. The lowest BCUT2D eigenvalue weighted by Gasteiger charge is -2.48. The number of β-lactam (4-membered cyclic amide) rings is 1. The van der Waals surface area contributed by atoms with E-state index in [-0.39, 0.29) is 23.1 Å². The summed E-state index contributed by atoms with van der Waals surface area (Å²) in [6.07, 6.45) is 6.82. The molecule has 1 fully saturated rings. The average Bonchev–Trinajstić information content (AvgIpc) is 2.95. The average molecular weight is 498 g/mol. The highest BCUT2D eigenvalue weighted by Crippen LogP contribution is 2.40. The first-order valence-electron chi connectivity index (χ1n) is 13.6. The van der Waals surface area contributed by atoms with Crippen molar-refractivity contribution in [3.05, 3.63) is 90.5 Å². The number of allylic oxidation sites excluding steroid dienone is 1. The van der Waals surface area contributed by atoms with Gasteiger partial charge in [0.25, 0.3) is 0 Å². The summed E-state index contributed by atoms with van der Waals surface area (Å²) in [5.41, 5.74) is 3.15. The van der Waals surface area contributed by atoms with Crippen LogP contribution in [-0.4, -0.2) is 11.9 Å². The van der Waals surface area contributed by atoms with Gasteiger partial charge in [0.05, 0.1) is 12.0 Å². The van der Waals surface area contributed by atoms with Crippen molar-refractivity contribution in [2.24, 2.45) is 5.92 Å². The third-order valence-corrected chi connectivity index (χ3v) is 5.69. The van der Waals surface area contributed by atoms with E-state index in [2.05, 4.69) is 37.8 Å². The monoisotopic (exact) mass is 497 g/mol. The van der Waals surface area contributed by atoms with Crippen molar-refractivity contribution < 1.29 is 4.79 Å². The number of para-hydroxylation sites is 1. The van der Waals surface area contributed by atoms with Gasteiger partial charge in [-0.1, -0.05) is 130 Å². The summed E-state index contributed by atoms with van der Waals surface area (Å²) in [6, 6.07) is 20.2. The van der Waals surface area contributed by atoms with E-state index in [1.807, 2.05) is 109 Å². The van der Waals surface area contributed by atoms with Crippen molar-refractivity contribution in [2.75, 3.05) is 4.90 Å². The van der Waals surface area contributed by atoms with Gasteiger partial charge in [0.15, 0.2) is 0 Å². The van der Waals surface area contributed by atoms with E-state index in [9.17, 15) is 4.79 Å². The van der Waals surface area contributed by atoms with E-state index in [0.29, 0.717) is 0 Å². The number of hydrogen-bond acceptors (Lipinski definition) is 2. The molecule has 3 heteroatoms. The lowest BCUT2D eigenvalue weighted by atomic mass is 9.78. The Hall–Kier alpha value is -2.26. The number of rotatable bonds is 8. The normalized spacial score (nSPS) is 16.5. The van der Waals surface area contributed by atoms with E-state index in [4.69, 9.17) is 12.6 Å². The molecule has 2 aromatic carbocycles. The van der Waals surface area contributed by atoms with Crippen molar-refractivity contribution in [2.45, 2.75) is 92.9 Å². The fraction of sp³-hybridized carbons (Fsp3) is 0.469. The number of carbonyl (C=O) groups excluding carboxylic acids is 1. The van der Waals surface area contributed by atoms with Crippen molar-refractivity contribution in [3.8, 4) is 0 Å². The number of thiol groups is 1. The highest BCUT2D eigenvalue weighted by Gasteiger charge is 2.48. The topological polar surface area (TPSA) is 20.3 Å². The summed E-state index contributed by atoms with van der Waals surface area (Å²) in [7, 11) is 0. The number of amides is 1. The minimum atomic E-state index is -0.0300. The largest absolute Gasteiger partial charge is 0.304 e. The molecule has 0 spiro atoms. The van der Waals surface area contributed by atoms with Gasteiger partial charge in [-0.15, -0.1) is 0 Å². The lowest BCUT2D eigenvalue weighted by molar-refractivity contribution is -0.129. The smallest absolute Gasteiger partial charge is 0.233 e. The van der Waals surface area contributed by atoms with Crippen molar-refractivity contribution >= 4 is 24.2 Å². The van der Waals surface area contributed by atoms with Gasteiger partial charge in [-0.25, -0.2) is 0 Å². The molecular weight excluding hydrogens is 446 g/mol. The molecule has 0 bridgehead atoms. The number of benzene rings is 2. The van der Waals surface area contributed by atoms with Gasteiger partial charge in [-0.2, -0.15) is 12.6 Å². The van der Waals surface area contributed by atoms with Gasteiger partial charge in [0.1, 0.15) is 0 Å². The van der Waals surface area contributed by atoms with Crippen molar-refractivity contribution in [1.29, 1.82) is 0 Å². The molecule has 1 aliphatic heterocycles. The fourth-order valence-corrected chi connectivity index (χ4v) is 4.00. The molecule has 3 rings (SSSR count). The molecule has 3 unspecified atom stereocenters. The Bertz CT molecular complexity index is 801. The van der Waals surface area contributed by atoms with Crippen LogP contribution in [0.2, 0.25) is 0 Å². The van der Waals surface area contributed by atoms with E-state index in [0.717, 1.165) is 30.5 Å². The van der Waals surface area contributed by atoms with E-state index in [1.165, 1.54) is 5.56 Å². The summed E-state index contributed by atoms with van der Waals surface area (Å²) >= 11 is 4.76. The van der Waals surface area contributed by atoms with Crippen LogP contribution < -0.4 is 4.90 Å². The van der Waals surface area contributed by atoms with Gasteiger partial charge in [0.2, 0.25) is 5.91 Å². The van der Waals surface area contributed by atoms with Crippen LogP contribution in [0, 0.1) is 5.92 Å². The molecule has 0 N–H and O–H groups in total. The van der Waals surface area contributed by atoms with Gasteiger partial charge in [-0.05, 0) is 42.5 Å². The van der Waals surface area contributed by atoms with Crippen LogP contribution in [0.15, 0.2) is 85.0 Å². The number of hydrogen-bond donors (Lipinski definition) is 1. The summed E-state index contributed by atoms with van der Waals surface area (Å²) in [5.74, 6) is 0.156. The van der Waals surface area contributed by atoms with Gasteiger partial charge in [0, 0.05) is 10.9 Å². The predicted molar refractivity (Wildman–Crippen MR) is 163 cm³/mol. The Morgan fingerprint density at radius 1 is 0.914 bits per heavy atom. The zero-order valence-corrected chi connectivity index (χ0v) is 24.7. The Kier molecular flexibility index (Phi) is 22.2. The Morgan fingerprint density at radius 2 is 1.40 bits per heavy atom. The maximum absolute atomic E-state index is 12.9. The predicted octanol–water partition coefficient (Wildman–Crippen LogP) is 10.1. The van der Waals surface area contributed by atoms with E-state index < -0.39 is 0 Å². The standard InChI is InChI=1S/C24H27NOS.4C2H6/c1-3-4-11-18(2)23-21(16-17-22(27)19-12-7-5-8-13-19)24(26)25(23)20-14-9-6-10-15-20;4*1-2/h4-15,21-23,27H,2-3,16-17H2,1H3;4*1-2H3/b11-4-;;;;. The molecule has 35 heavy (non-hydrogen) atoms. The molecular formula is C32H51NOS. The molecule has 0 saturated carbocycles. The van der Waals surface area contributed by atoms with Crippen molar-refractivity contribution in [3.63, 3.8) is 0 Å². The summed E-state index contributed by atoms with van der Waals surface area (Å²) in [5, 5.41) is 0.143. The number of anilines is 1. The minimum absolute atomic E-state index is 0.0269. The molecule has 0 aliphatic carbocycles.